The van der Waals surface area contributed by atoms with Gasteiger partial charge in [0.2, 0.25) is 0 Å². The first-order valence-electron chi connectivity index (χ1n) is 17.8. The number of hydrogen-bond acceptors (Lipinski definition) is 0. The normalized spacial score (nSPS) is 16.1. The van der Waals surface area contributed by atoms with Crippen LogP contribution in [-0.2, 0) is 28.7 Å². The van der Waals surface area contributed by atoms with Gasteiger partial charge in [0.1, 0.15) is 0 Å². The first-order valence-corrected chi connectivity index (χ1v) is 28.2. The molecule has 0 saturated carbocycles. The molecule has 4 heteroatoms. The van der Waals surface area contributed by atoms with Crippen LogP contribution in [-0.4, -0.2) is 9.52 Å². The van der Waals surface area contributed by atoms with E-state index in [2.05, 4.69) is 165 Å². The Hall–Kier alpha value is -2.48. The second kappa shape index (κ2) is 12.9. The molecule has 1 heterocycles. The van der Waals surface area contributed by atoms with Gasteiger partial charge in [-0.15, -0.1) is 0 Å². The van der Waals surface area contributed by atoms with E-state index >= 15 is 0 Å². The van der Waals surface area contributed by atoms with E-state index in [1.807, 2.05) is 0 Å². The summed E-state index contributed by atoms with van der Waals surface area (Å²) in [5.74, 6) is 0.493. The van der Waals surface area contributed by atoms with Gasteiger partial charge in [-0.05, 0) is 0 Å². The van der Waals surface area contributed by atoms with Gasteiger partial charge in [-0.2, -0.15) is 0 Å². The van der Waals surface area contributed by atoms with Crippen molar-refractivity contribution >= 4 is 46.3 Å². The van der Waals surface area contributed by atoms with Crippen LogP contribution in [0.4, 0.5) is 0 Å². The van der Waals surface area contributed by atoms with Gasteiger partial charge < -0.3 is 0 Å². The molecular formula is C45H48Cl2SiZr. The second-order valence-electron chi connectivity index (χ2n) is 16.7. The molecule has 7 rings (SSSR count). The Bertz CT molecular complexity index is 2060. The number of hydrogen-bond donors (Lipinski definition) is 0. The third-order valence-corrected chi connectivity index (χ3v) is 24.9. The third-order valence-electron chi connectivity index (χ3n) is 10.5. The number of rotatable bonds is 6. The monoisotopic (exact) mass is 776 g/mol. The summed E-state index contributed by atoms with van der Waals surface area (Å²) in [7, 11) is 15.5. The molecule has 0 fully saturated rings. The molecule has 0 nitrogen and oxygen atoms in total. The standard InChI is InChI=1S/C33H39.C12H9Si.2ClH.Zr/c1-22(2)16-23-17-25-14-15-29(24-12-10-9-11-13-24)31(30(25)18-23)26-19-27(32(3,4)5)21-28(20-26)33(6,7)8;1-3-7-11-9(5-1)10-6-2-4-8-12(10)13-11;;;/h9-15,17-22H,16H2,1-8H3;1-7H,13H2;2*1H;/q;;;;+2/p-2. The van der Waals surface area contributed by atoms with Gasteiger partial charge in [0.15, 0.2) is 0 Å². The molecule has 1 aliphatic carbocycles. The topological polar surface area (TPSA) is 0 Å². The average molecular weight is 779 g/mol. The first kappa shape index (κ1) is 34.9. The number of fused-ring (bicyclic) bond motifs is 4. The minimum atomic E-state index is -4.13. The number of allylic oxidation sites excluding steroid dienone is 1. The van der Waals surface area contributed by atoms with Crippen LogP contribution in [0.2, 0.25) is 0 Å². The van der Waals surface area contributed by atoms with Crippen LogP contribution in [0.3, 0.4) is 0 Å². The van der Waals surface area contributed by atoms with Gasteiger partial charge in [0, 0.05) is 0 Å². The molecule has 0 bridgehead atoms. The van der Waals surface area contributed by atoms with Crippen molar-refractivity contribution < 1.29 is 17.9 Å². The SMILES string of the molecule is CC(C)CC1=Cc2c(ccc(-c3ccccc3)c2-c2cc(C(C)(C)C)cc(C(C)(C)C)c2)[CH]1[Zr]([Cl])([Cl])[c]1cccc2c1[SiH2]c1ccccc1-2. The summed E-state index contributed by atoms with van der Waals surface area (Å²) in [5.41, 5.74) is 14.6. The van der Waals surface area contributed by atoms with Crippen LogP contribution < -0.4 is 13.6 Å². The maximum atomic E-state index is 8.08. The molecule has 250 valence electrons. The molecule has 5 aromatic carbocycles. The van der Waals surface area contributed by atoms with Crippen LogP contribution >= 0.6 is 17.0 Å². The van der Waals surface area contributed by atoms with Gasteiger partial charge in [0.05, 0.1) is 0 Å². The summed E-state index contributed by atoms with van der Waals surface area (Å²) in [4.78, 5) is 0. The van der Waals surface area contributed by atoms with Gasteiger partial charge in [-0.25, -0.2) is 0 Å². The quantitative estimate of drug-likeness (QED) is 0.148. The molecule has 1 aliphatic heterocycles. The van der Waals surface area contributed by atoms with E-state index in [-0.39, 0.29) is 14.5 Å². The molecule has 1 unspecified atom stereocenters. The Morgan fingerprint density at radius 2 is 1.31 bits per heavy atom. The second-order valence-corrected chi connectivity index (χ2v) is 32.5. The third kappa shape index (κ3) is 6.46. The molecule has 0 amide bonds. The van der Waals surface area contributed by atoms with Crippen molar-refractivity contribution in [3.05, 3.63) is 131 Å². The summed E-state index contributed by atoms with van der Waals surface area (Å²) in [6.45, 7) is 18.6. The molecule has 0 N–H and O–H groups in total. The molecule has 0 aromatic heterocycles. The van der Waals surface area contributed by atoms with Crippen LogP contribution in [0.5, 0.6) is 0 Å². The minimum absolute atomic E-state index is 0.00902. The van der Waals surface area contributed by atoms with E-state index in [4.69, 9.17) is 17.0 Å². The molecule has 5 aromatic rings. The van der Waals surface area contributed by atoms with E-state index < -0.39 is 27.4 Å². The van der Waals surface area contributed by atoms with E-state index in [0.29, 0.717) is 5.92 Å². The van der Waals surface area contributed by atoms with Crippen molar-refractivity contribution in [2.45, 2.75) is 76.3 Å². The predicted molar refractivity (Wildman–Crippen MR) is 216 cm³/mol. The summed E-state index contributed by atoms with van der Waals surface area (Å²) < 4.78 is 1.35. The van der Waals surface area contributed by atoms with Crippen LogP contribution in [0, 0.1) is 5.92 Å². The Balaban J connectivity index is 1.49. The fourth-order valence-corrected chi connectivity index (χ4v) is 24.8. The summed E-state index contributed by atoms with van der Waals surface area (Å²) >= 11 is -4.13. The van der Waals surface area contributed by atoms with Crippen molar-refractivity contribution in [2.24, 2.45) is 5.92 Å². The summed E-state index contributed by atoms with van der Waals surface area (Å²) in [6, 6.07) is 38.7. The molecule has 49 heavy (non-hydrogen) atoms. The van der Waals surface area contributed by atoms with E-state index in [1.165, 1.54) is 74.9 Å². The van der Waals surface area contributed by atoms with Crippen molar-refractivity contribution in [2.75, 3.05) is 0 Å². The molecule has 0 saturated heterocycles. The number of halogens is 2. The Morgan fingerprint density at radius 1 is 0.673 bits per heavy atom. The van der Waals surface area contributed by atoms with Crippen molar-refractivity contribution in [3.8, 4) is 33.4 Å². The van der Waals surface area contributed by atoms with Crippen molar-refractivity contribution in [1.82, 2.24) is 0 Å². The fourth-order valence-electron chi connectivity index (χ4n) is 8.02. The van der Waals surface area contributed by atoms with E-state index in [1.54, 1.807) is 0 Å². The molecule has 0 radical (unpaired) electrons. The van der Waals surface area contributed by atoms with Crippen molar-refractivity contribution in [1.29, 1.82) is 0 Å². The van der Waals surface area contributed by atoms with Crippen LogP contribution in [0.25, 0.3) is 39.5 Å². The van der Waals surface area contributed by atoms with E-state index in [9.17, 15) is 0 Å². The van der Waals surface area contributed by atoms with Gasteiger partial charge in [-0.1, -0.05) is 0 Å². The molecule has 1 atom stereocenters. The number of benzene rings is 5. The van der Waals surface area contributed by atoms with Crippen molar-refractivity contribution in [3.63, 3.8) is 0 Å². The Kier molecular flexibility index (Phi) is 9.22. The zero-order chi connectivity index (χ0) is 34.9. The van der Waals surface area contributed by atoms with Gasteiger partial charge >= 0.3 is 311 Å². The zero-order valence-corrected chi connectivity index (χ0v) is 35.6. The fraction of sp³-hybridized carbons (Fsp3) is 0.289. The van der Waals surface area contributed by atoms with Crippen LogP contribution in [0.1, 0.15) is 87.7 Å². The van der Waals surface area contributed by atoms with Crippen LogP contribution in [0.15, 0.2) is 109 Å². The molecular weight excluding hydrogens is 731 g/mol. The van der Waals surface area contributed by atoms with Gasteiger partial charge in [0.25, 0.3) is 0 Å². The molecule has 0 spiro atoms. The first-order chi connectivity index (χ1) is 23.1. The summed E-state index contributed by atoms with van der Waals surface area (Å²) in [6.07, 6.45) is 3.49. The average Bonchev–Trinajstić information content (AvgIpc) is 3.61. The molecule has 2 aliphatic rings. The predicted octanol–water partition coefficient (Wildman–Crippen LogP) is 11.0. The van der Waals surface area contributed by atoms with E-state index in [0.717, 1.165) is 6.42 Å². The zero-order valence-electron chi connectivity index (χ0n) is 30.2. The Labute approximate surface area is 308 Å². The van der Waals surface area contributed by atoms with Gasteiger partial charge in [-0.3, -0.25) is 0 Å². The summed E-state index contributed by atoms with van der Waals surface area (Å²) in [5, 5.41) is 2.99. The Morgan fingerprint density at radius 3 is 1.96 bits per heavy atom. The maximum absolute atomic E-state index is 8.08.